The van der Waals surface area contributed by atoms with Crippen molar-refractivity contribution in [2.45, 2.75) is 44.8 Å². The number of ether oxygens (including phenoxy) is 1. The lowest BCUT2D eigenvalue weighted by molar-refractivity contribution is -0.176. The van der Waals surface area contributed by atoms with Gasteiger partial charge >= 0.3 is 6.09 Å². The van der Waals surface area contributed by atoms with Crippen LogP contribution in [-0.2, 0) is 14.4 Å². The summed E-state index contributed by atoms with van der Waals surface area (Å²) in [6.45, 7) is 5.37. The van der Waals surface area contributed by atoms with Crippen molar-refractivity contribution in [3.8, 4) is 0 Å². The molecule has 0 bridgehead atoms. The second-order valence-electron chi connectivity index (χ2n) is 5.81. The fourth-order valence-corrected chi connectivity index (χ4v) is 3.19. The van der Waals surface area contributed by atoms with Crippen LogP contribution in [0, 0.1) is 0 Å². The van der Waals surface area contributed by atoms with Crippen LogP contribution >= 0.6 is 11.8 Å². The molecule has 1 heterocycles. The molecule has 1 fully saturated rings. The first-order valence-electron chi connectivity index (χ1n) is 6.61. The summed E-state index contributed by atoms with van der Waals surface area (Å²) in [6.07, 6.45) is 0.578. The fourth-order valence-electron chi connectivity index (χ4n) is 2.00. The van der Waals surface area contributed by atoms with Gasteiger partial charge in [-0.25, -0.2) is 9.86 Å². The Balaban J connectivity index is 2.84. The van der Waals surface area contributed by atoms with E-state index < -0.39 is 17.2 Å². The first-order valence-corrected chi connectivity index (χ1v) is 7.77. The highest BCUT2D eigenvalue weighted by Gasteiger charge is 2.44. The summed E-state index contributed by atoms with van der Waals surface area (Å²) in [6, 6.07) is 0. The number of alkyl carbamates (subject to hydrolysis) is 1. The molecule has 0 unspecified atom stereocenters. The minimum atomic E-state index is -0.932. The number of carbonyl (C=O) groups excluding carboxylic acids is 2. The van der Waals surface area contributed by atoms with Crippen molar-refractivity contribution in [1.82, 2.24) is 10.4 Å². The van der Waals surface area contributed by atoms with Crippen LogP contribution in [0.1, 0.15) is 33.6 Å². The largest absolute Gasteiger partial charge is 0.444 e. The van der Waals surface area contributed by atoms with Gasteiger partial charge < -0.3 is 10.1 Å². The highest BCUT2D eigenvalue weighted by Crippen LogP contribution is 2.29. The van der Waals surface area contributed by atoms with Crippen molar-refractivity contribution in [2.24, 2.45) is 0 Å². The Morgan fingerprint density at radius 2 is 1.80 bits per heavy atom. The molecule has 0 radical (unpaired) electrons. The van der Waals surface area contributed by atoms with Crippen molar-refractivity contribution < 1.29 is 19.2 Å². The van der Waals surface area contributed by atoms with Crippen LogP contribution in [0.3, 0.4) is 0 Å². The number of carbonyl (C=O) groups is 2. The third-order valence-corrected chi connectivity index (χ3v) is 4.04. The molecule has 1 rings (SSSR count). The summed E-state index contributed by atoms with van der Waals surface area (Å²) < 4.78 is 5.26. The van der Waals surface area contributed by atoms with E-state index in [9.17, 15) is 9.59 Å². The number of hydrogen-bond donors (Lipinski definition) is 1. The fraction of sp³-hybridized carbons (Fsp3) is 0.846. The first-order chi connectivity index (χ1) is 9.20. The standard InChI is InChI=1S/C13H24N2O4S/c1-12(2,3)19-11(17)14-13(6-8-20-9-7-13)10(16)15(4)18-5/h6-9H2,1-5H3,(H,14,17). The minimum Gasteiger partial charge on any atom is -0.444 e. The van der Waals surface area contributed by atoms with E-state index in [1.165, 1.54) is 7.11 Å². The molecule has 0 spiro atoms. The molecule has 1 saturated heterocycles. The molecule has 1 aliphatic rings. The van der Waals surface area contributed by atoms with Crippen molar-refractivity contribution in [3.63, 3.8) is 0 Å². The van der Waals surface area contributed by atoms with Gasteiger partial charge in [-0.15, -0.1) is 0 Å². The second-order valence-corrected chi connectivity index (χ2v) is 7.03. The van der Waals surface area contributed by atoms with Gasteiger partial charge in [-0.05, 0) is 45.1 Å². The zero-order valence-corrected chi connectivity index (χ0v) is 13.6. The molecule has 1 aliphatic heterocycles. The summed E-state index contributed by atoms with van der Waals surface area (Å²) in [4.78, 5) is 29.4. The van der Waals surface area contributed by atoms with Gasteiger partial charge in [-0.2, -0.15) is 11.8 Å². The summed E-state index contributed by atoms with van der Waals surface area (Å²) in [7, 11) is 2.97. The number of hydroxylamine groups is 2. The van der Waals surface area contributed by atoms with Crippen molar-refractivity contribution in [3.05, 3.63) is 0 Å². The van der Waals surface area contributed by atoms with Gasteiger partial charge in [-0.3, -0.25) is 9.63 Å². The average molecular weight is 304 g/mol. The predicted molar refractivity (Wildman–Crippen MR) is 78.4 cm³/mol. The van der Waals surface area contributed by atoms with Crippen LogP contribution in [0.5, 0.6) is 0 Å². The molecule has 0 aromatic carbocycles. The maximum Gasteiger partial charge on any atom is 0.408 e. The number of likely N-dealkylation sites (N-methyl/N-ethyl adjacent to an activating group) is 1. The number of nitrogens with one attached hydrogen (secondary N) is 1. The van der Waals surface area contributed by atoms with Gasteiger partial charge in [0.05, 0.1) is 7.11 Å². The van der Waals surface area contributed by atoms with Gasteiger partial charge in [0, 0.05) is 7.05 Å². The molecule has 0 aromatic heterocycles. The Kier molecular flexibility index (Phi) is 5.70. The van der Waals surface area contributed by atoms with Gasteiger partial charge in [0.15, 0.2) is 0 Å². The van der Waals surface area contributed by atoms with Gasteiger partial charge in [0.1, 0.15) is 11.1 Å². The third-order valence-electron chi connectivity index (χ3n) is 3.06. The van der Waals surface area contributed by atoms with Crippen molar-refractivity contribution in [2.75, 3.05) is 25.7 Å². The number of rotatable bonds is 3. The van der Waals surface area contributed by atoms with Gasteiger partial charge in [0.25, 0.3) is 5.91 Å². The van der Waals surface area contributed by atoms with E-state index >= 15 is 0 Å². The molecule has 6 nitrogen and oxygen atoms in total. The van der Waals surface area contributed by atoms with Crippen molar-refractivity contribution in [1.29, 1.82) is 0 Å². The Morgan fingerprint density at radius 3 is 2.25 bits per heavy atom. The number of nitrogens with zero attached hydrogens (tertiary/aromatic N) is 1. The maximum atomic E-state index is 12.5. The zero-order valence-electron chi connectivity index (χ0n) is 12.8. The average Bonchev–Trinajstić information content (AvgIpc) is 2.35. The van der Waals surface area contributed by atoms with E-state index in [1.54, 1.807) is 39.6 Å². The van der Waals surface area contributed by atoms with Crippen LogP contribution < -0.4 is 5.32 Å². The van der Waals surface area contributed by atoms with E-state index in [-0.39, 0.29) is 5.91 Å². The van der Waals surface area contributed by atoms with Crippen LogP contribution in [0.2, 0.25) is 0 Å². The van der Waals surface area contributed by atoms with E-state index in [1.807, 2.05) is 0 Å². The van der Waals surface area contributed by atoms with Crippen LogP contribution in [-0.4, -0.2) is 53.9 Å². The quantitative estimate of drug-likeness (QED) is 0.805. The Labute approximate surface area is 124 Å². The lowest BCUT2D eigenvalue weighted by Crippen LogP contribution is -2.61. The normalized spacial score (nSPS) is 18.2. The summed E-state index contributed by atoms with van der Waals surface area (Å²) in [5.74, 6) is 1.39. The Bertz CT molecular complexity index is 362. The smallest absolute Gasteiger partial charge is 0.408 e. The second kappa shape index (κ2) is 6.67. The lowest BCUT2D eigenvalue weighted by atomic mass is 9.91. The molecule has 0 atom stereocenters. The number of thioether (sulfide) groups is 1. The Hall–Kier alpha value is -0.950. The van der Waals surface area contributed by atoms with Crippen LogP contribution in [0.25, 0.3) is 0 Å². The Morgan fingerprint density at radius 1 is 1.25 bits per heavy atom. The summed E-state index contributed by atoms with van der Waals surface area (Å²) >= 11 is 1.77. The molecule has 116 valence electrons. The van der Waals surface area contributed by atoms with Crippen LogP contribution in [0.15, 0.2) is 0 Å². The monoisotopic (exact) mass is 304 g/mol. The van der Waals surface area contributed by atoms with E-state index in [0.717, 1.165) is 16.6 Å². The molecule has 1 N–H and O–H groups in total. The summed E-state index contributed by atoms with van der Waals surface area (Å²) in [5, 5.41) is 3.92. The predicted octanol–water partition coefficient (Wildman–Crippen LogP) is 1.80. The van der Waals surface area contributed by atoms with E-state index in [0.29, 0.717) is 12.8 Å². The molecule has 0 aromatic rings. The molecule has 0 aliphatic carbocycles. The molecular formula is C13H24N2O4S. The van der Waals surface area contributed by atoms with E-state index in [2.05, 4.69) is 5.32 Å². The molecule has 20 heavy (non-hydrogen) atoms. The molecular weight excluding hydrogens is 280 g/mol. The first kappa shape index (κ1) is 17.1. The maximum absolute atomic E-state index is 12.5. The number of hydrogen-bond acceptors (Lipinski definition) is 5. The minimum absolute atomic E-state index is 0.244. The SMILES string of the molecule is CON(C)C(=O)C1(NC(=O)OC(C)(C)C)CCSCC1. The van der Waals surface area contributed by atoms with E-state index in [4.69, 9.17) is 9.57 Å². The van der Waals surface area contributed by atoms with Crippen LogP contribution in [0.4, 0.5) is 4.79 Å². The highest BCUT2D eigenvalue weighted by atomic mass is 32.2. The highest BCUT2D eigenvalue weighted by molar-refractivity contribution is 7.99. The van der Waals surface area contributed by atoms with Gasteiger partial charge in [0.2, 0.25) is 0 Å². The zero-order chi connectivity index (χ0) is 15.4. The summed E-state index contributed by atoms with van der Waals surface area (Å²) in [5.41, 5.74) is -1.52. The molecule has 0 saturated carbocycles. The van der Waals surface area contributed by atoms with Crippen molar-refractivity contribution >= 4 is 23.8 Å². The van der Waals surface area contributed by atoms with Gasteiger partial charge in [-0.1, -0.05) is 0 Å². The number of amides is 2. The molecule has 7 heteroatoms. The molecule has 2 amide bonds. The topological polar surface area (TPSA) is 67.9 Å². The lowest BCUT2D eigenvalue weighted by Gasteiger charge is -2.38. The third kappa shape index (κ3) is 4.56.